The summed E-state index contributed by atoms with van der Waals surface area (Å²) in [6, 6.07) is 9.03. The minimum absolute atomic E-state index is 0.431. The molecule has 4 rings (SSSR count). The van der Waals surface area contributed by atoms with Crippen LogP contribution < -0.4 is 4.90 Å². The van der Waals surface area contributed by atoms with Crippen molar-refractivity contribution in [3.8, 4) is 0 Å². The predicted octanol–water partition coefficient (Wildman–Crippen LogP) is 3.95. The number of alkyl halides is 3. The van der Waals surface area contributed by atoms with Gasteiger partial charge in [-0.1, -0.05) is 12.1 Å². The molecule has 0 unspecified atom stereocenters. The molecule has 0 spiro atoms. The highest BCUT2D eigenvalue weighted by Crippen LogP contribution is 2.29. The lowest BCUT2D eigenvalue weighted by atomic mass is 10.0. The van der Waals surface area contributed by atoms with Crippen molar-refractivity contribution in [2.75, 3.05) is 44.2 Å². The molecule has 152 valence electrons. The lowest BCUT2D eigenvalue weighted by molar-refractivity contribution is -0.141. The lowest BCUT2D eigenvalue weighted by Crippen LogP contribution is -2.53. The van der Waals surface area contributed by atoms with Gasteiger partial charge >= 0.3 is 6.18 Å². The van der Waals surface area contributed by atoms with Crippen LogP contribution in [-0.4, -0.2) is 60.1 Å². The molecule has 2 aliphatic rings. The van der Waals surface area contributed by atoms with Crippen molar-refractivity contribution in [2.24, 2.45) is 0 Å². The summed E-state index contributed by atoms with van der Waals surface area (Å²) in [5.74, 6) is 0.431. The van der Waals surface area contributed by atoms with Gasteiger partial charge in [-0.05, 0) is 36.4 Å². The lowest BCUT2D eigenvalue weighted by Gasteiger charge is -2.43. The molecule has 28 heavy (non-hydrogen) atoms. The highest BCUT2D eigenvalue weighted by molar-refractivity contribution is 7.09. The first kappa shape index (κ1) is 19.7. The first-order valence-corrected chi connectivity index (χ1v) is 10.6. The number of halogens is 3. The van der Waals surface area contributed by atoms with E-state index in [1.165, 1.54) is 10.9 Å². The number of thiophene rings is 1. The van der Waals surface area contributed by atoms with Gasteiger partial charge in [0.2, 0.25) is 0 Å². The summed E-state index contributed by atoms with van der Waals surface area (Å²) in [5, 5.41) is 2.13. The van der Waals surface area contributed by atoms with Crippen LogP contribution in [0.2, 0.25) is 0 Å². The van der Waals surface area contributed by atoms with Crippen LogP contribution in [0.15, 0.2) is 35.7 Å². The third-order valence-electron chi connectivity index (χ3n) is 5.70. The number of pyridine rings is 1. The van der Waals surface area contributed by atoms with Crippen molar-refractivity contribution in [3.63, 3.8) is 0 Å². The first-order valence-electron chi connectivity index (χ1n) is 9.77. The summed E-state index contributed by atoms with van der Waals surface area (Å²) in [6.07, 6.45) is -2.07. The van der Waals surface area contributed by atoms with Crippen LogP contribution in [0.25, 0.3) is 0 Å². The van der Waals surface area contributed by atoms with E-state index in [0.717, 1.165) is 64.7 Å². The Hall–Kier alpha value is -1.64. The summed E-state index contributed by atoms with van der Waals surface area (Å²) in [7, 11) is 0. The standard InChI is InChI=1S/C20H25F3N4S/c21-20(22,23)18-4-1-5-19(24-18)27-12-10-26(11-13-27)16-6-8-25(9-7-16)15-17-3-2-14-28-17/h1-5,14,16H,6-13,15H2. The maximum absolute atomic E-state index is 12.9. The van der Waals surface area contributed by atoms with Gasteiger partial charge in [-0.25, -0.2) is 4.98 Å². The maximum atomic E-state index is 12.9. The Balaban J connectivity index is 1.27. The van der Waals surface area contributed by atoms with E-state index in [1.807, 2.05) is 16.2 Å². The van der Waals surface area contributed by atoms with Gasteiger partial charge in [0.25, 0.3) is 0 Å². The summed E-state index contributed by atoms with van der Waals surface area (Å²) >= 11 is 1.81. The van der Waals surface area contributed by atoms with Gasteiger partial charge < -0.3 is 4.90 Å². The second kappa shape index (κ2) is 8.39. The zero-order valence-corrected chi connectivity index (χ0v) is 16.6. The van der Waals surface area contributed by atoms with Crippen LogP contribution in [0.1, 0.15) is 23.4 Å². The Kier molecular flexibility index (Phi) is 5.89. The van der Waals surface area contributed by atoms with Crippen LogP contribution in [0.3, 0.4) is 0 Å². The van der Waals surface area contributed by atoms with Crippen molar-refractivity contribution in [3.05, 3.63) is 46.3 Å². The SMILES string of the molecule is FC(F)(F)c1cccc(N2CCN(C3CCN(Cc4cccs4)CC3)CC2)n1. The Morgan fingerprint density at radius 2 is 1.71 bits per heavy atom. The third-order valence-corrected chi connectivity index (χ3v) is 6.56. The molecule has 0 radical (unpaired) electrons. The molecule has 4 heterocycles. The first-order chi connectivity index (χ1) is 13.5. The van der Waals surface area contributed by atoms with Crippen LogP contribution in [0, 0.1) is 0 Å². The summed E-state index contributed by atoms with van der Waals surface area (Å²) in [6.45, 7) is 6.48. The van der Waals surface area contributed by atoms with E-state index in [9.17, 15) is 13.2 Å². The van der Waals surface area contributed by atoms with E-state index in [1.54, 1.807) is 6.07 Å². The van der Waals surface area contributed by atoms with E-state index < -0.39 is 11.9 Å². The number of piperidine rings is 1. The quantitative estimate of drug-likeness (QED) is 0.761. The van der Waals surface area contributed by atoms with Gasteiger partial charge in [-0.2, -0.15) is 13.2 Å². The second-order valence-electron chi connectivity index (χ2n) is 7.49. The monoisotopic (exact) mass is 410 g/mol. The molecule has 0 amide bonds. The predicted molar refractivity (Wildman–Crippen MR) is 106 cm³/mol. The maximum Gasteiger partial charge on any atom is 0.433 e. The van der Waals surface area contributed by atoms with E-state index >= 15 is 0 Å². The summed E-state index contributed by atoms with van der Waals surface area (Å²) < 4.78 is 38.7. The molecule has 8 heteroatoms. The minimum Gasteiger partial charge on any atom is -0.354 e. The average molecular weight is 411 g/mol. The Morgan fingerprint density at radius 3 is 2.36 bits per heavy atom. The van der Waals surface area contributed by atoms with E-state index in [-0.39, 0.29) is 0 Å². The molecule has 0 aliphatic carbocycles. The largest absolute Gasteiger partial charge is 0.433 e. The molecule has 2 saturated heterocycles. The number of hydrogen-bond acceptors (Lipinski definition) is 5. The van der Waals surface area contributed by atoms with E-state index in [2.05, 4.69) is 32.3 Å². The number of hydrogen-bond donors (Lipinski definition) is 0. The Labute approximate surface area is 167 Å². The topological polar surface area (TPSA) is 22.6 Å². The van der Waals surface area contributed by atoms with Crippen molar-refractivity contribution in [1.29, 1.82) is 0 Å². The van der Waals surface area contributed by atoms with Crippen LogP contribution in [0.4, 0.5) is 19.0 Å². The van der Waals surface area contributed by atoms with Gasteiger partial charge in [-0.15, -0.1) is 11.3 Å². The fourth-order valence-electron chi connectivity index (χ4n) is 4.14. The van der Waals surface area contributed by atoms with Crippen molar-refractivity contribution in [1.82, 2.24) is 14.8 Å². The van der Waals surface area contributed by atoms with Gasteiger partial charge in [-0.3, -0.25) is 9.80 Å². The molecule has 0 N–H and O–H groups in total. The molecular weight excluding hydrogens is 385 g/mol. The van der Waals surface area contributed by atoms with Crippen molar-refractivity contribution >= 4 is 17.2 Å². The fourth-order valence-corrected chi connectivity index (χ4v) is 4.89. The molecular formula is C20H25F3N4S. The molecule has 2 aliphatic heterocycles. The van der Waals surface area contributed by atoms with Gasteiger partial charge in [0.05, 0.1) is 0 Å². The summed E-state index contributed by atoms with van der Waals surface area (Å²) in [4.78, 5) is 12.2. The highest BCUT2D eigenvalue weighted by atomic mass is 32.1. The molecule has 2 fully saturated rings. The van der Waals surface area contributed by atoms with Crippen molar-refractivity contribution in [2.45, 2.75) is 31.6 Å². The van der Waals surface area contributed by atoms with Crippen LogP contribution in [-0.2, 0) is 12.7 Å². The Bertz CT molecular complexity index is 749. The average Bonchev–Trinajstić information content (AvgIpc) is 3.21. The zero-order chi connectivity index (χ0) is 19.6. The zero-order valence-electron chi connectivity index (χ0n) is 15.7. The molecule has 2 aromatic rings. The van der Waals surface area contributed by atoms with Crippen LogP contribution in [0.5, 0.6) is 0 Å². The number of nitrogens with zero attached hydrogens (tertiary/aromatic N) is 4. The van der Waals surface area contributed by atoms with E-state index in [0.29, 0.717) is 11.9 Å². The number of piperazine rings is 1. The molecule has 0 atom stereocenters. The smallest absolute Gasteiger partial charge is 0.354 e. The number of likely N-dealkylation sites (tertiary alicyclic amines) is 1. The normalized spacial score (nSPS) is 20.6. The van der Waals surface area contributed by atoms with Gasteiger partial charge in [0, 0.05) is 56.7 Å². The van der Waals surface area contributed by atoms with Gasteiger partial charge in [0.1, 0.15) is 11.5 Å². The minimum atomic E-state index is -4.39. The molecule has 2 aromatic heterocycles. The number of aromatic nitrogens is 1. The third kappa shape index (κ3) is 4.67. The molecule has 4 nitrogen and oxygen atoms in total. The molecule has 0 bridgehead atoms. The molecule has 0 aromatic carbocycles. The molecule has 0 saturated carbocycles. The number of anilines is 1. The Morgan fingerprint density at radius 1 is 0.964 bits per heavy atom. The van der Waals surface area contributed by atoms with Crippen LogP contribution >= 0.6 is 11.3 Å². The second-order valence-corrected chi connectivity index (χ2v) is 8.52. The highest BCUT2D eigenvalue weighted by Gasteiger charge is 2.33. The number of rotatable bonds is 4. The summed E-state index contributed by atoms with van der Waals surface area (Å²) in [5.41, 5.74) is -0.814. The van der Waals surface area contributed by atoms with Gasteiger partial charge in [0.15, 0.2) is 0 Å². The van der Waals surface area contributed by atoms with E-state index in [4.69, 9.17) is 0 Å². The van der Waals surface area contributed by atoms with Crippen molar-refractivity contribution < 1.29 is 13.2 Å². The fraction of sp³-hybridized carbons (Fsp3) is 0.550.